The molecule has 7 heteroatoms. The molecule has 4 rings (SSSR count). The molecular weight excluding hydrogens is 364 g/mol. The van der Waals surface area contributed by atoms with E-state index in [0.717, 1.165) is 35.9 Å². The number of aromatic nitrogens is 3. The zero-order chi connectivity index (χ0) is 17.9. The van der Waals surface area contributed by atoms with Crippen LogP contribution in [0.2, 0.25) is 0 Å². The lowest BCUT2D eigenvalue weighted by atomic mass is 10.1. The number of nitrogens with zero attached hydrogens (tertiary/aromatic N) is 3. The molecule has 3 aromatic rings. The van der Waals surface area contributed by atoms with Gasteiger partial charge in [-0.2, -0.15) is 0 Å². The van der Waals surface area contributed by atoms with Crippen molar-refractivity contribution in [2.45, 2.75) is 30.8 Å². The Bertz CT molecular complexity index is 918. The van der Waals surface area contributed by atoms with Crippen molar-refractivity contribution in [2.24, 2.45) is 7.05 Å². The average Bonchev–Trinajstić information content (AvgIpc) is 3.36. The van der Waals surface area contributed by atoms with Crippen molar-refractivity contribution in [3.8, 4) is 0 Å². The Morgan fingerprint density at radius 1 is 1.27 bits per heavy atom. The predicted octanol–water partition coefficient (Wildman–Crippen LogP) is 3.69. The molecule has 0 radical (unpaired) electrons. The van der Waals surface area contributed by atoms with E-state index in [-0.39, 0.29) is 5.91 Å². The summed E-state index contributed by atoms with van der Waals surface area (Å²) in [5.74, 6) is 1.21. The molecule has 1 N–H and O–H groups in total. The molecule has 26 heavy (non-hydrogen) atoms. The fourth-order valence-electron chi connectivity index (χ4n) is 3.17. The van der Waals surface area contributed by atoms with Crippen LogP contribution in [0.1, 0.15) is 28.2 Å². The molecule has 1 aromatic carbocycles. The molecule has 2 aromatic heterocycles. The maximum Gasteiger partial charge on any atom is 0.234 e. The molecule has 5 nitrogen and oxygen atoms in total. The third-order valence-corrected chi connectivity index (χ3v) is 6.45. The van der Waals surface area contributed by atoms with Gasteiger partial charge in [-0.1, -0.05) is 23.9 Å². The standard InChI is InChI=1S/C19H20N4OS2/c1-23-17(11-16-6-3-9-25-16)21-22-19(23)26-12-18(24)20-15-8-7-13-4-2-5-14(13)10-15/h3,6-10H,2,4-5,11-12H2,1H3,(H,20,24). The van der Waals surface area contributed by atoms with Crippen LogP contribution in [-0.4, -0.2) is 26.4 Å². The SMILES string of the molecule is Cn1c(Cc2cccs2)nnc1SCC(=O)Nc1ccc2c(c1)CCC2. The Hall–Kier alpha value is -2.12. The van der Waals surface area contributed by atoms with Gasteiger partial charge >= 0.3 is 0 Å². The first kappa shape index (κ1) is 17.3. The molecule has 0 atom stereocenters. The minimum Gasteiger partial charge on any atom is -0.325 e. The van der Waals surface area contributed by atoms with Gasteiger partial charge < -0.3 is 9.88 Å². The Morgan fingerprint density at radius 3 is 3.00 bits per heavy atom. The summed E-state index contributed by atoms with van der Waals surface area (Å²) in [5.41, 5.74) is 3.66. The highest BCUT2D eigenvalue weighted by Crippen LogP contribution is 2.25. The summed E-state index contributed by atoms with van der Waals surface area (Å²) in [6.45, 7) is 0. The number of nitrogens with one attached hydrogen (secondary N) is 1. The third kappa shape index (κ3) is 3.83. The molecule has 0 aliphatic heterocycles. The van der Waals surface area contributed by atoms with Gasteiger partial charge in [0.15, 0.2) is 5.16 Å². The van der Waals surface area contributed by atoms with E-state index in [1.807, 2.05) is 23.7 Å². The summed E-state index contributed by atoms with van der Waals surface area (Å²) >= 11 is 3.13. The third-order valence-electron chi connectivity index (χ3n) is 4.55. The smallest absolute Gasteiger partial charge is 0.234 e. The van der Waals surface area contributed by atoms with Crippen LogP contribution in [0.25, 0.3) is 0 Å². The Morgan fingerprint density at radius 2 is 2.15 bits per heavy atom. The number of thiophene rings is 1. The number of fused-ring (bicyclic) bond motifs is 1. The lowest BCUT2D eigenvalue weighted by Gasteiger charge is -2.07. The Kier molecular flexibility index (Phi) is 5.08. The van der Waals surface area contributed by atoms with E-state index in [4.69, 9.17) is 0 Å². The number of hydrogen-bond donors (Lipinski definition) is 1. The zero-order valence-electron chi connectivity index (χ0n) is 14.6. The fraction of sp³-hybridized carbons (Fsp3) is 0.316. The minimum atomic E-state index is -0.0178. The predicted molar refractivity (Wildman–Crippen MR) is 106 cm³/mol. The molecule has 0 unspecified atom stereocenters. The first-order valence-corrected chi connectivity index (χ1v) is 10.5. The first-order valence-electron chi connectivity index (χ1n) is 8.64. The van der Waals surface area contributed by atoms with Crippen LogP contribution in [0.15, 0.2) is 40.9 Å². The van der Waals surface area contributed by atoms with E-state index in [2.05, 4.69) is 39.1 Å². The first-order chi connectivity index (χ1) is 12.7. The van der Waals surface area contributed by atoms with Crippen LogP contribution in [0, 0.1) is 0 Å². The molecule has 0 spiro atoms. The molecule has 1 aliphatic rings. The van der Waals surface area contributed by atoms with Crippen molar-refractivity contribution in [3.63, 3.8) is 0 Å². The van der Waals surface area contributed by atoms with Gasteiger partial charge in [0.25, 0.3) is 0 Å². The lowest BCUT2D eigenvalue weighted by molar-refractivity contribution is -0.113. The maximum absolute atomic E-state index is 12.3. The molecule has 0 fully saturated rings. The normalized spacial score (nSPS) is 13.0. The topological polar surface area (TPSA) is 59.8 Å². The number of anilines is 1. The monoisotopic (exact) mass is 384 g/mol. The summed E-state index contributed by atoms with van der Waals surface area (Å²) in [6, 6.07) is 10.4. The fourth-order valence-corrected chi connectivity index (χ4v) is 4.60. The average molecular weight is 385 g/mol. The number of rotatable bonds is 6. The van der Waals surface area contributed by atoms with Crippen LogP contribution in [0.3, 0.4) is 0 Å². The van der Waals surface area contributed by atoms with Crippen molar-refractivity contribution >= 4 is 34.7 Å². The molecule has 0 bridgehead atoms. The van der Waals surface area contributed by atoms with Gasteiger partial charge in [-0.15, -0.1) is 21.5 Å². The van der Waals surface area contributed by atoms with Crippen LogP contribution in [-0.2, 0) is 31.1 Å². The van der Waals surface area contributed by atoms with Gasteiger partial charge in [-0.25, -0.2) is 0 Å². The molecule has 134 valence electrons. The van der Waals surface area contributed by atoms with E-state index < -0.39 is 0 Å². The molecular formula is C19H20N4OS2. The van der Waals surface area contributed by atoms with Crippen LogP contribution in [0.4, 0.5) is 5.69 Å². The van der Waals surface area contributed by atoms with E-state index in [0.29, 0.717) is 5.75 Å². The minimum absolute atomic E-state index is 0.0178. The highest BCUT2D eigenvalue weighted by Gasteiger charge is 2.14. The molecule has 0 saturated carbocycles. The number of thioether (sulfide) groups is 1. The highest BCUT2D eigenvalue weighted by atomic mass is 32.2. The largest absolute Gasteiger partial charge is 0.325 e. The van der Waals surface area contributed by atoms with Gasteiger partial charge in [0.2, 0.25) is 5.91 Å². The number of carbonyl (C=O) groups is 1. The van der Waals surface area contributed by atoms with E-state index in [1.165, 1.54) is 34.2 Å². The van der Waals surface area contributed by atoms with Crippen molar-refractivity contribution in [1.29, 1.82) is 0 Å². The second-order valence-corrected chi connectivity index (χ2v) is 8.36. The summed E-state index contributed by atoms with van der Waals surface area (Å²) in [6.07, 6.45) is 4.24. The van der Waals surface area contributed by atoms with E-state index >= 15 is 0 Å². The number of hydrogen-bond acceptors (Lipinski definition) is 5. The molecule has 0 saturated heterocycles. The molecule has 1 aliphatic carbocycles. The second kappa shape index (κ2) is 7.63. The van der Waals surface area contributed by atoms with Crippen LogP contribution < -0.4 is 5.32 Å². The Labute approximate surface area is 160 Å². The quantitative estimate of drug-likeness (QED) is 0.659. The van der Waals surface area contributed by atoms with Crippen molar-refractivity contribution in [3.05, 3.63) is 57.5 Å². The van der Waals surface area contributed by atoms with Crippen LogP contribution >= 0.6 is 23.1 Å². The maximum atomic E-state index is 12.3. The zero-order valence-corrected chi connectivity index (χ0v) is 16.2. The summed E-state index contributed by atoms with van der Waals surface area (Å²) < 4.78 is 1.97. The van der Waals surface area contributed by atoms with Crippen molar-refractivity contribution < 1.29 is 4.79 Å². The number of carbonyl (C=O) groups excluding carboxylic acids is 1. The van der Waals surface area contributed by atoms with Gasteiger partial charge in [-0.3, -0.25) is 4.79 Å². The Balaban J connectivity index is 1.34. The number of aryl methyl sites for hydroxylation is 2. The second-order valence-electron chi connectivity index (χ2n) is 6.39. The van der Waals surface area contributed by atoms with E-state index in [9.17, 15) is 4.79 Å². The molecule has 2 heterocycles. The number of benzene rings is 1. The van der Waals surface area contributed by atoms with Crippen molar-refractivity contribution in [2.75, 3.05) is 11.1 Å². The van der Waals surface area contributed by atoms with Crippen LogP contribution in [0.5, 0.6) is 0 Å². The van der Waals surface area contributed by atoms with Gasteiger partial charge in [0.05, 0.1) is 5.75 Å². The summed E-state index contributed by atoms with van der Waals surface area (Å²) in [4.78, 5) is 13.5. The van der Waals surface area contributed by atoms with Gasteiger partial charge in [-0.05, 0) is 54.0 Å². The van der Waals surface area contributed by atoms with Gasteiger partial charge in [0, 0.05) is 24.0 Å². The summed E-state index contributed by atoms with van der Waals surface area (Å²) in [5, 5.41) is 14.3. The molecule has 1 amide bonds. The highest BCUT2D eigenvalue weighted by molar-refractivity contribution is 7.99. The lowest BCUT2D eigenvalue weighted by Crippen LogP contribution is -2.14. The van der Waals surface area contributed by atoms with Crippen molar-refractivity contribution in [1.82, 2.24) is 14.8 Å². The summed E-state index contributed by atoms with van der Waals surface area (Å²) in [7, 11) is 1.95. The number of amides is 1. The van der Waals surface area contributed by atoms with E-state index in [1.54, 1.807) is 11.3 Å². The van der Waals surface area contributed by atoms with Gasteiger partial charge in [0.1, 0.15) is 5.82 Å².